The van der Waals surface area contributed by atoms with Crippen LogP contribution in [0.15, 0.2) is 12.3 Å². The Morgan fingerprint density at radius 3 is 2.68 bits per heavy atom. The van der Waals surface area contributed by atoms with Crippen LogP contribution in [0, 0.1) is 0 Å². The molecule has 1 saturated heterocycles. The van der Waals surface area contributed by atoms with Gasteiger partial charge in [-0.05, 0) is 6.07 Å². The first-order chi connectivity index (χ1) is 8.93. The first-order valence-electron chi connectivity index (χ1n) is 5.82. The minimum absolute atomic E-state index is 0.249. The molecule has 1 aliphatic rings. The monoisotopic (exact) mass is 286 g/mol. The zero-order chi connectivity index (χ0) is 14.2. The smallest absolute Gasteiger partial charge is 0.326 e. The summed E-state index contributed by atoms with van der Waals surface area (Å²) in [5.41, 5.74) is 0.369. The second-order valence-corrected chi connectivity index (χ2v) is 5.00. The average Bonchev–Trinajstić information content (AvgIpc) is 2.91. The summed E-state index contributed by atoms with van der Waals surface area (Å²) in [5, 5.41) is 9.63. The van der Waals surface area contributed by atoms with E-state index in [9.17, 15) is 14.7 Å². The second-order valence-electron chi connectivity index (χ2n) is 4.56. The van der Waals surface area contributed by atoms with Crippen molar-refractivity contribution in [2.24, 2.45) is 7.05 Å². The van der Waals surface area contributed by atoms with Crippen molar-refractivity contribution in [3.05, 3.63) is 23.0 Å². The Bertz CT molecular complexity index is 514. The fourth-order valence-corrected chi connectivity index (χ4v) is 2.56. The number of carbonyl (C=O) groups is 2. The molecule has 0 radical (unpaired) electrons. The van der Waals surface area contributed by atoms with Gasteiger partial charge in [0.05, 0.1) is 11.1 Å². The number of carboxylic acid groups (broad SMARTS) is 1. The molecule has 1 aromatic rings. The van der Waals surface area contributed by atoms with Crippen LogP contribution in [0.5, 0.6) is 0 Å². The molecule has 0 spiro atoms. The molecule has 0 saturated carbocycles. The number of halogens is 1. The van der Waals surface area contributed by atoms with E-state index in [4.69, 9.17) is 16.3 Å². The predicted octanol–water partition coefficient (Wildman–Crippen LogP) is 0.993. The minimum Gasteiger partial charge on any atom is -0.480 e. The second kappa shape index (κ2) is 5.22. The van der Waals surface area contributed by atoms with Gasteiger partial charge in [0.25, 0.3) is 5.91 Å². The van der Waals surface area contributed by atoms with Crippen molar-refractivity contribution >= 4 is 23.5 Å². The highest BCUT2D eigenvalue weighted by atomic mass is 35.5. The van der Waals surface area contributed by atoms with Gasteiger partial charge in [-0.3, -0.25) is 4.79 Å². The average molecular weight is 287 g/mol. The summed E-state index contributed by atoms with van der Waals surface area (Å²) in [7, 11) is 3.20. The Hall–Kier alpha value is -1.53. The van der Waals surface area contributed by atoms with E-state index in [-0.39, 0.29) is 18.6 Å². The summed E-state index contributed by atoms with van der Waals surface area (Å²) in [5.74, 6) is -1.37. The van der Waals surface area contributed by atoms with Crippen LogP contribution in [0.2, 0.25) is 5.02 Å². The normalized spacial score (nSPS) is 22.8. The van der Waals surface area contributed by atoms with Gasteiger partial charge >= 0.3 is 5.97 Å². The Balaban J connectivity index is 2.26. The number of likely N-dealkylation sites (tertiary alicyclic amines) is 1. The maximum atomic E-state index is 12.4. The van der Waals surface area contributed by atoms with Crippen LogP contribution in [0.1, 0.15) is 16.9 Å². The third-order valence-corrected chi connectivity index (χ3v) is 3.54. The highest BCUT2D eigenvalue weighted by Crippen LogP contribution is 2.24. The summed E-state index contributed by atoms with van der Waals surface area (Å²) < 4.78 is 6.74. The van der Waals surface area contributed by atoms with Gasteiger partial charge in [0.15, 0.2) is 0 Å². The highest BCUT2D eigenvalue weighted by Gasteiger charge is 2.40. The quantitative estimate of drug-likeness (QED) is 0.899. The number of aromatic nitrogens is 1. The molecule has 0 aliphatic carbocycles. The van der Waals surface area contributed by atoms with E-state index in [1.54, 1.807) is 17.8 Å². The molecular formula is C12H15ClN2O4. The summed E-state index contributed by atoms with van der Waals surface area (Å²) in [6, 6.07) is 0.675. The molecule has 1 N–H and O–H groups in total. The lowest BCUT2D eigenvalue weighted by atomic mass is 10.2. The SMILES string of the molecule is COC1CC(C(=O)O)N(C(=O)c2cc(Cl)cn2C)C1. The number of nitrogens with zero attached hydrogens (tertiary/aromatic N) is 2. The van der Waals surface area contributed by atoms with Crippen LogP contribution >= 0.6 is 11.6 Å². The fraction of sp³-hybridized carbons (Fsp3) is 0.500. The third kappa shape index (κ3) is 2.59. The van der Waals surface area contributed by atoms with Crippen LogP contribution in [-0.2, 0) is 16.6 Å². The summed E-state index contributed by atoms with van der Waals surface area (Å²) in [6.45, 7) is 0.273. The van der Waals surface area contributed by atoms with Crippen molar-refractivity contribution < 1.29 is 19.4 Å². The number of amides is 1. The number of hydrogen-bond acceptors (Lipinski definition) is 3. The number of rotatable bonds is 3. The van der Waals surface area contributed by atoms with Gasteiger partial charge in [0.2, 0.25) is 0 Å². The zero-order valence-corrected chi connectivity index (χ0v) is 11.4. The summed E-state index contributed by atoms with van der Waals surface area (Å²) in [6.07, 6.45) is 1.66. The third-order valence-electron chi connectivity index (χ3n) is 3.33. The van der Waals surface area contributed by atoms with Crippen LogP contribution < -0.4 is 0 Å². The minimum atomic E-state index is -1.02. The molecule has 2 rings (SSSR count). The molecule has 0 aromatic carbocycles. The van der Waals surface area contributed by atoms with Gasteiger partial charge in [-0.2, -0.15) is 0 Å². The first-order valence-corrected chi connectivity index (χ1v) is 6.20. The van der Waals surface area contributed by atoms with Crippen LogP contribution in [0.25, 0.3) is 0 Å². The van der Waals surface area contributed by atoms with Gasteiger partial charge < -0.3 is 19.3 Å². The summed E-state index contributed by atoms with van der Waals surface area (Å²) in [4.78, 5) is 24.9. The molecule has 1 amide bonds. The molecule has 0 bridgehead atoms. The van der Waals surface area contributed by atoms with Crippen molar-refractivity contribution in [3.63, 3.8) is 0 Å². The predicted molar refractivity (Wildman–Crippen MR) is 68.3 cm³/mol. The standard InChI is InChI=1S/C12H15ClN2O4/c1-14-5-7(13)3-9(14)11(16)15-6-8(19-2)4-10(15)12(17)18/h3,5,8,10H,4,6H2,1-2H3,(H,17,18). The van der Waals surface area contributed by atoms with Crippen molar-refractivity contribution in [3.8, 4) is 0 Å². The molecule has 6 nitrogen and oxygen atoms in total. The van der Waals surface area contributed by atoms with Crippen molar-refractivity contribution in [2.75, 3.05) is 13.7 Å². The molecule has 2 heterocycles. The number of hydrogen-bond donors (Lipinski definition) is 1. The lowest BCUT2D eigenvalue weighted by Gasteiger charge is -2.21. The Morgan fingerprint density at radius 1 is 1.53 bits per heavy atom. The Morgan fingerprint density at radius 2 is 2.21 bits per heavy atom. The highest BCUT2D eigenvalue weighted by molar-refractivity contribution is 6.31. The van der Waals surface area contributed by atoms with E-state index in [0.717, 1.165) is 0 Å². The molecular weight excluding hydrogens is 272 g/mol. The summed E-state index contributed by atoms with van der Waals surface area (Å²) >= 11 is 5.84. The number of aliphatic carboxylic acids is 1. The Kier molecular flexibility index (Phi) is 3.82. The number of carbonyl (C=O) groups excluding carboxylic acids is 1. The molecule has 104 valence electrons. The maximum absolute atomic E-state index is 12.4. The van der Waals surface area contributed by atoms with Crippen LogP contribution in [-0.4, -0.2) is 52.3 Å². The van der Waals surface area contributed by atoms with E-state index < -0.39 is 12.0 Å². The van der Waals surface area contributed by atoms with Gasteiger partial charge in [-0.1, -0.05) is 11.6 Å². The van der Waals surface area contributed by atoms with Gasteiger partial charge in [-0.25, -0.2) is 4.79 Å². The fourth-order valence-electron chi connectivity index (χ4n) is 2.31. The van der Waals surface area contributed by atoms with E-state index in [2.05, 4.69) is 0 Å². The van der Waals surface area contributed by atoms with Gasteiger partial charge in [0, 0.05) is 33.3 Å². The first kappa shape index (κ1) is 13.9. The van der Waals surface area contributed by atoms with Crippen molar-refractivity contribution in [2.45, 2.75) is 18.6 Å². The number of methoxy groups -OCH3 is 1. The van der Waals surface area contributed by atoms with Crippen LogP contribution in [0.4, 0.5) is 0 Å². The largest absolute Gasteiger partial charge is 0.480 e. The van der Waals surface area contributed by atoms with E-state index in [1.807, 2.05) is 0 Å². The Labute approximate surface area is 115 Å². The molecule has 1 aromatic heterocycles. The van der Waals surface area contributed by atoms with E-state index in [1.165, 1.54) is 18.1 Å². The molecule has 1 aliphatic heterocycles. The van der Waals surface area contributed by atoms with E-state index in [0.29, 0.717) is 17.1 Å². The van der Waals surface area contributed by atoms with Gasteiger partial charge in [0.1, 0.15) is 11.7 Å². The molecule has 19 heavy (non-hydrogen) atoms. The van der Waals surface area contributed by atoms with E-state index >= 15 is 0 Å². The molecule has 1 fully saturated rings. The maximum Gasteiger partial charge on any atom is 0.326 e. The number of ether oxygens (including phenoxy) is 1. The number of carboxylic acids is 1. The lowest BCUT2D eigenvalue weighted by Crippen LogP contribution is -2.41. The topological polar surface area (TPSA) is 71.8 Å². The molecule has 2 atom stereocenters. The lowest BCUT2D eigenvalue weighted by molar-refractivity contribution is -0.141. The van der Waals surface area contributed by atoms with Crippen molar-refractivity contribution in [1.82, 2.24) is 9.47 Å². The number of aryl methyl sites for hydroxylation is 1. The van der Waals surface area contributed by atoms with Crippen LogP contribution in [0.3, 0.4) is 0 Å². The molecule has 7 heteroatoms. The van der Waals surface area contributed by atoms with Gasteiger partial charge in [-0.15, -0.1) is 0 Å². The zero-order valence-electron chi connectivity index (χ0n) is 10.7. The molecule has 2 unspecified atom stereocenters. The van der Waals surface area contributed by atoms with Crippen molar-refractivity contribution in [1.29, 1.82) is 0 Å².